The van der Waals surface area contributed by atoms with Crippen LogP contribution in [-0.2, 0) is 0 Å². The first-order valence-corrected chi connectivity index (χ1v) is 14.4. The predicted octanol–water partition coefficient (Wildman–Crippen LogP) is 6.95. The fraction of sp³-hybridized carbons (Fsp3) is 0.667. The minimum absolute atomic E-state index is 0.851. The average Bonchev–Trinajstić information content (AvgIpc) is 3.11. The van der Waals surface area contributed by atoms with Gasteiger partial charge in [0, 0.05) is 39.3 Å². The van der Waals surface area contributed by atoms with Gasteiger partial charge in [-0.3, -0.25) is 0 Å². The van der Waals surface area contributed by atoms with Crippen molar-refractivity contribution < 1.29 is 29.8 Å². The summed E-state index contributed by atoms with van der Waals surface area (Å²) >= 11 is 0. The Balaban J connectivity index is 0.000000675. The van der Waals surface area contributed by atoms with Crippen molar-refractivity contribution in [1.29, 1.82) is 0 Å². The summed E-state index contributed by atoms with van der Waals surface area (Å²) in [4.78, 5) is 1.64. The molecule has 0 aliphatic rings. The second-order valence-corrected chi connectivity index (χ2v) is 11.7. The molecule has 0 saturated carbocycles. The van der Waals surface area contributed by atoms with Crippen LogP contribution >= 0.6 is 15.8 Å². The van der Waals surface area contributed by atoms with E-state index in [9.17, 15) is 25.2 Å². The van der Waals surface area contributed by atoms with Crippen LogP contribution < -0.4 is 4.62 Å². The van der Waals surface area contributed by atoms with Gasteiger partial charge >= 0.3 is 40.9 Å². The molecule has 2 aromatic rings. The maximum absolute atomic E-state index is 10.7. The predicted molar refractivity (Wildman–Crippen MR) is 123 cm³/mol. The summed E-state index contributed by atoms with van der Waals surface area (Å²) in [6.45, 7) is 18.7. The Hall–Kier alpha value is -1.26. The number of hydrogen-bond acceptors (Lipinski definition) is 6. The number of benzene rings is 1. The third-order valence-electron chi connectivity index (χ3n) is 4.80. The van der Waals surface area contributed by atoms with Crippen molar-refractivity contribution in [3.8, 4) is 0 Å². The molecule has 1 heterocycles. The molecule has 194 valence electrons. The van der Waals surface area contributed by atoms with Crippen molar-refractivity contribution in [1.82, 2.24) is 29.2 Å². The zero-order valence-electron chi connectivity index (χ0n) is 19.8. The summed E-state index contributed by atoms with van der Waals surface area (Å²) in [6.07, 6.45) is 0. The molecule has 0 aliphatic heterocycles. The number of halogens is 6. The summed E-state index contributed by atoms with van der Waals surface area (Å²) in [5.74, 6) is 0. The average molecular weight is 526 g/mol. The fourth-order valence-electron chi connectivity index (χ4n) is 3.48. The Morgan fingerprint density at radius 2 is 1.12 bits per heavy atom. The van der Waals surface area contributed by atoms with E-state index in [4.69, 9.17) is 4.62 Å². The second kappa shape index (κ2) is 10.6. The van der Waals surface area contributed by atoms with E-state index in [0.717, 1.165) is 50.3 Å². The molecule has 2 rings (SSSR count). The third-order valence-corrected chi connectivity index (χ3v) is 9.09. The number of hydrogen-bond donors (Lipinski definition) is 0. The van der Waals surface area contributed by atoms with Gasteiger partial charge in [0.05, 0.1) is 0 Å². The number of nitrogens with zero attached hydrogens (tertiary/aromatic N) is 6. The van der Waals surface area contributed by atoms with Crippen LogP contribution in [-0.4, -0.2) is 68.4 Å². The zero-order chi connectivity index (χ0) is 25.6. The van der Waals surface area contributed by atoms with E-state index < -0.39 is 15.8 Å². The fourth-order valence-corrected chi connectivity index (χ4v) is 7.40. The summed E-state index contributed by atoms with van der Waals surface area (Å²) < 4.78 is 73.4. The molecule has 1 aromatic heterocycles. The van der Waals surface area contributed by atoms with E-state index in [0.29, 0.717) is 0 Å². The van der Waals surface area contributed by atoms with Crippen LogP contribution in [0.4, 0.5) is 25.2 Å². The van der Waals surface area contributed by atoms with Crippen molar-refractivity contribution in [3.63, 3.8) is 0 Å². The second-order valence-electron chi connectivity index (χ2n) is 6.92. The van der Waals surface area contributed by atoms with Gasteiger partial charge in [0.1, 0.15) is 11.0 Å². The van der Waals surface area contributed by atoms with Gasteiger partial charge < -0.3 is 0 Å². The summed E-state index contributed by atoms with van der Waals surface area (Å²) in [7, 11) is -12.9. The maximum atomic E-state index is 9.87. The molecule has 0 N–H and O–H groups in total. The number of fused-ring (bicyclic) bond motifs is 1. The summed E-state index contributed by atoms with van der Waals surface area (Å²) in [5, 5.41) is 8.61. The van der Waals surface area contributed by atoms with Gasteiger partial charge in [-0.05, 0) is 63.7 Å². The van der Waals surface area contributed by atoms with E-state index in [1.165, 1.54) is 0 Å². The van der Waals surface area contributed by atoms with Crippen LogP contribution in [0.2, 0.25) is 0 Å². The van der Waals surface area contributed by atoms with Gasteiger partial charge in [-0.15, -0.1) is 19.1 Å². The number of para-hydroxylation sites is 1. The molecule has 0 amide bonds. The number of aromatic nitrogens is 3. The molecule has 33 heavy (non-hydrogen) atoms. The molecule has 0 fully saturated rings. The van der Waals surface area contributed by atoms with Crippen molar-refractivity contribution in [2.75, 3.05) is 39.3 Å². The van der Waals surface area contributed by atoms with Crippen LogP contribution in [0.1, 0.15) is 41.5 Å². The molecule has 0 unspecified atom stereocenters. The zero-order valence-corrected chi connectivity index (χ0v) is 21.6. The minimum atomic E-state index is -10.7. The number of rotatable bonds is 11. The van der Waals surface area contributed by atoms with Gasteiger partial charge in [-0.2, -0.15) is 4.62 Å². The van der Waals surface area contributed by atoms with Crippen LogP contribution in [0.15, 0.2) is 24.3 Å². The van der Waals surface area contributed by atoms with Crippen molar-refractivity contribution >= 4 is 26.8 Å². The molecule has 0 bridgehead atoms. The topological polar surface area (TPSA) is 49.7 Å². The molecule has 0 atom stereocenters. The van der Waals surface area contributed by atoms with E-state index in [1.54, 1.807) is 4.85 Å². The van der Waals surface area contributed by atoms with Crippen molar-refractivity contribution in [2.24, 2.45) is 0 Å². The Morgan fingerprint density at radius 1 is 0.758 bits per heavy atom. The molecule has 0 aliphatic carbocycles. The Bertz CT molecular complexity index is 828. The molecule has 0 spiro atoms. The van der Waals surface area contributed by atoms with Crippen LogP contribution in [0.3, 0.4) is 0 Å². The third kappa shape index (κ3) is 8.79. The SMILES string of the molecule is CCN(CC)[P+](On1nnc2ccccc21)(N(CC)CC)N(CC)CC.F[P-](F)(F)(F)(F)F. The quantitative estimate of drug-likeness (QED) is 0.233. The molecule has 1 aromatic carbocycles. The van der Waals surface area contributed by atoms with Crippen LogP contribution in [0.25, 0.3) is 11.0 Å². The standard InChI is InChI=1S/C18H34N6OP.F6P/c1-7-21(8-2)26(22(9-3)10-4,23(11-5)12-6)25-24-18-16-14-13-15-17(18)19-20-24;1-7(2,3,4,5)6/h13-16H,7-12H2,1-6H3;/q+1;-1. The van der Waals surface area contributed by atoms with Gasteiger partial charge in [-0.1, -0.05) is 12.1 Å². The van der Waals surface area contributed by atoms with E-state index in [2.05, 4.69) is 65.9 Å². The molecule has 0 saturated heterocycles. The normalized spacial score (nSPS) is 14.9. The molecular formula is C18H34F6N6OP2. The first-order chi connectivity index (χ1) is 15.1. The van der Waals surface area contributed by atoms with Crippen molar-refractivity contribution in [3.05, 3.63) is 24.3 Å². The molecule has 0 radical (unpaired) electrons. The first kappa shape index (κ1) is 29.8. The van der Waals surface area contributed by atoms with Gasteiger partial charge in [0.25, 0.3) is 0 Å². The Labute approximate surface area is 191 Å². The molecule has 7 nitrogen and oxygen atoms in total. The summed E-state index contributed by atoms with van der Waals surface area (Å²) in [6, 6.07) is 7.95. The van der Waals surface area contributed by atoms with Crippen LogP contribution in [0, 0.1) is 0 Å². The van der Waals surface area contributed by atoms with Crippen LogP contribution in [0.5, 0.6) is 0 Å². The molecular weight excluding hydrogens is 492 g/mol. The first-order valence-electron chi connectivity index (χ1n) is 10.8. The Morgan fingerprint density at radius 3 is 1.48 bits per heavy atom. The van der Waals surface area contributed by atoms with E-state index in [-0.39, 0.29) is 0 Å². The van der Waals surface area contributed by atoms with Crippen molar-refractivity contribution in [2.45, 2.75) is 41.5 Å². The molecule has 15 heteroatoms. The van der Waals surface area contributed by atoms with Gasteiger partial charge in [0.15, 0.2) is 0 Å². The monoisotopic (exact) mass is 526 g/mol. The van der Waals surface area contributed by atoms with Gasteiger partial charge in [-0.25, -0.2) is 0 Å². The van der Waals surface area contributed by atoms with Gasteiger partial charge in [0.2, 0.25) is 0 Å². The Kier molecular flexibility index (Phi) is 9.53. The van der Waals surface area contributed by atoms with E-state index in [1.807, 2.05) is 24.3 Å². The van der Waals surface area contributed by atoms with E-state index >= 15 is 0 Å². The summed E-state index contributed by atoms with van der Waals surface area (Å²) in [5.41, 5.74) is 1.76.